The first-order chi connectivity index (χ1) is 14.6. The molecular formula is C22H14N2O5S. The first-order valence-corrected chi connectivity index (χ1v) is 9.87. The predicted octanol–water partition coefficient (Wildman–Crippen LogP) is 4.92. The minimum absolute atomic E-state index is 0.0139. The van der Waals surface area contributed by atoms with Gasteiger partial charge in [-0.1, -0.05) is 24.3 Å². The van der Waals surface area contributed by atoms with Crippen LogP contribution in [0.4, 0.5) is 5.13 Å². The molecule has 2 aromatic carbocycles. The van der Waals surface area contributed by atoms with Crippen molar-refractivity contribution in [1.29, 1.82) is 0 Å². The summed E-state index contributed by atoms with van der Waals surface area (Å²) < 4.78 is 16.3. The normalized spacial score (nSPS) is 11.1. The third-order valence-corrected chi connectivity index (χ3v) is 5.35. The van der Waals surface area contributed by atoms with Gasteiger partial charge < -0.3 is 13.6 Å². The molecule has 5 aromatic rings. The van der Waals surface area contributed by atoms with Crippen molar-refractivity contribution in [1.82, 2.24) is 4.98 Å². The number of hydrogen-bond donors (Lipinski definition) is 1. The number of carbonyl (C=O) groups excluding carboxylic acids is 1. The van der Waals surface area contributed by atoms with E-state index in [9.17, 15) is 9.59 Å². The predicted molar refractivity (Wildman–Crippen MR) is 114 cm³/mol. The lowest BCUT2D eigenvalue weighted by Gasteiger charge is -2.01. The number of benzene rings is 2. The smallest absolute Gasteiger partial charge is 0.302 e. The Morgan fingerprint density at radius 1 is 1.07 bits per heavy atom. The summed E-state index contributed by atoms with van der Waals surface area (Å²) in [5.41, 5.74) is 1.74. The molecule has 1 amide bonds. The van der Waals surface area contributed by atoms with Crippen molar-refractivity contribution in [2.45, 2.75) is 0 Å². The number of anilines is 1. The number of furan rings is 1. The van der Waals surface area contributed by atoms with Crippen LogP contribution in [-0.4, -0.2) is 18.0 Å². The van der Waals surface area contributed by atoms with Crippen molar-refractivity contribution in [3.8, 4) is 17.0 Å². The number of rotatable bonds is 4. The number of nitrogens with one attached hydrogen (secondary N) is 1. The highest BCUT2D eigenvalue weighted by Gasteiger charge is 2.19. The molecule has 0 spiro atoms. The standard InChI is InChI=1S/C22H14N2O5S/c1-27-13-6-4-5-12(9-13)16-11-30-22(23-16)24-20(26)18-10-15-19(25)14-7-2-3-8-17(14)28-21(15)29-18/h2-11H,1H3,(H,23,24,26). The van der Waals surface area contributed by atoms with Gasteiger partial charge in [-0.2, -0.15) is 0 Å². The van der Waals surface area contributed by atoms with Crippen molar-refractivity contribution in [3.63, 3.8) is 0 Å². The summed E-state index contributed by atoms with van der Waals surface area (Å²) in [6, 6.07) is 15.7. The first-order valence-electron chi connectivity index (χ1n) is 8.99. The lowest BCUT2D eigenvalue weighted by Crippen LogP contribution is -2.10. The second-order valence-electron chi connectivity index (χ2n) is 6.46. The van der Waals surface area contributed by atoms with Crippen LogP contribution >= 0.6 is 11.3 Å². The number of para-hydroxylation sites is 1. The average molecular weight is 418 g/mol. The topological polar surface area (TPSA) is 94.6 Å². The van der Waals surface area contributed by atoms with Crippen molar-refractivity contribution >= 4 is 44.5 Å². The number of amides is 1. The third kappa shape index (κ3) is 3.13. The molecule has 0 aliphatic heterocycles. The maximum atomic E-state index is 12.6. The van der Waals surface area contributed by atoms with E-state index in [1.54, 1.807) is 31.4 Å². The van der Waals surface area contributed by atoms with E-state index >= 15 is 0 Å². The van der Waals surface area contributed by atoms with Crippen LogP contribution in [0, 0.1) is 0 Å². The number of ether oxygens (including phenoxy) is 1. The van der Waals surface area contributed by atoms with E-state index < -0.39 is 5.91 Å². The SMILES string of the molecule is COc1cccc(-c2csc(NC(=O)c3cc4c(=O)c5ccccc5oc4o3)n2)c1. The van der Waals surface area contributed by atoms with Gasteiger partial charge in [0.25, 0.3) is 5.91 Å². The van der Waals surface area contributed by atoms with E-state index in [4.69, 9.17) is 13.6 Å². The molecule has 0 saturated carbocycles. The fourth-order valence-electron chi connectivity index (χ4n) is 3.11. The molecule has 1 N–H and O–H groups in total. The zero-order valence-corrected chi connectivity index (χ0v) is 16.5. The highest BCUT2D eigenvalue weighted by atomic mass is 32.1. The number of nitrogens with zero attached hydrogens (tertiary/aromatic N) is 1. The Kier molecular flexibility index (Phi) is 4.33. The zero-order chi connectivity index (χ0) is 20.7. The van der Waals surface area contributed by atoms with Gasteiger partial charge in [0.15, 0.2) is 10.9 Å². The van der Waals surface area contributed by atoms with E-state index in [0.29, 0.717) is 21.8 Å². The summed E-state index contributed by atoms with van der Waals surface area (Å²) in [6.45, 7) is 0. The summed E-state index contributed by atoms with van der Waals surface area (Å²) in [7, 11) is 1.60. The maximum Gasteiger partial charge on any atom is 0.302 e. The number of thiazole rings is 1. The maximum absolute atomic E-state index is 12.6. The number of fused-ring (bicyclic) bond motifs is 2. The highest BCUT2D eigenvalue weighted by Crippen LogP contribution is 2.28. The van der Waals surface area contributed by atoms with Gasteiger partial charge >= 0.3 is 5.78 Å². The monoisotopic (exact) mass is 418 g/mol. The van der Waals surface area contributed by atoms with E-state index in [0.717, 1.165) is 11.3 Å². The average Bonchev–Trinajstić information content (AvgIpc) is 3.41. The Bertz CT molecular complexity index is 1460. The van der Waals surface area contributed by atoms with E-state index in [-0.39, 0.29) is 22.4 Å². The minimum atomic E-state index is -0.517. The van der Waals surface area contributed by atoms with Crippen molar-refractivity contribution in [2.75, 3.05) is 12.4 Å². The fraction of sp³-hybridized carbons (Fsp3) is 0.0455. The summed E-state index contributed by atoms with van der Waals surface area (Å²) in [6.07, 6.45) is 0. The molecule has 8 heteroatoms. The van der Waals surface area contributed by atoms with Crippen LogP contribution in [0.3, 0.4) is 0 Å². The molecule has 148 valence electrons. The highest BCUT2D eigenvalue weighted by molar-refractivity contribution is 7.14. The van der Waals surface area contributed by atoms with Crippen LogP contribution < -0.4 is 15.5 Å². The third-order valence-electron chi connectivity index (χ3n) is 4.59. The van der Waals surface area contributed by atoms with Gasteiger partial charge in [0, 0.05) is 17.0 Å². The van der Waals surface area contributed by atoms with Crippen molar-refractivity contribution in [3.05, 3.63) is 76.0 Å². The molecule has 5 rings (SSSR count). The molecule has 0 fully saturated rings. The van der Waals surface area contributed by atoms with Gasteiger partial charge in [0.1, 0.15) is 16.7 Å². The lowest BCUT2D eigenvalue weighted by molar-refractivity contribution is 0.0997. The summed E-state index contributed by atoms with van der Waals surface area (Å²) in [5.74, 6) is 0.189. The Morgan fingerprint density at radius 2 is 1.93 bits per heavy atom. The number of carbonyl (C=O) groups is 1. The van der Waals surface area contributed by atoms with Gasteiger partial charge in [0.2, 0.25) is 5.43 Å². The van der Waals surface area contributed by atoms with E-state index in [1.807, 2.05) is 29.6 Å². The Hall–Kier alpha value is -3.91. The van der Waals surface area contributed by atoms with Crippen LogP contribution in [0.2, 0.25) is 0 Å². The van der Waals surface area contributed by atoms with Crippen molar-refractivity contribution < 1.29 is 18.4 Å². The van der Waals surface area contributed by atoms with Gasteiger partial charge in [0.05, 0.1) is 18.2 Å². The zero-order valence-electron chi connectivity index (χ0n) is 15.7. The number of aromatic nitrogens is 1. The second kappa shape index (κ2) is 7.16. The molecule has 0 radical (unpaired) electrons. The summed E-state index contributed by atoms with van der Waals surface area (Å²) in [4.78, 5) is 29.7. The Morgan fingerprint density at radius 3 is 2.80 bits per heavy atom. The van der Waals surface area contributed by atoms with Gasteiger partial charge in [-0.15, -0.1) is 11.3 Å². The summed E-state index contributed by atoms with van der Waals surface area (Å²) >= 11 is 1.28. The molecule has 0 aliphatic carbocycles. The number of methoxy groups -OCH3 is 1. The van der Waals surface area contributed by atoms with Crippen LogP contribution in [0.15, 0.2) is 73.6 Å². The molecule has 0 unspecified atom stereocenters. The lowest BCUT2D eigenvalue weighted by atomic mass is 10.2. The Balaban J connectivity index is 1.44. The fourth-order valence-corrected chi connectivity index (χ4v) is 3.83. The molecule has 3 aromatic heterocycles. The molecule has 0 aliphatic rings. The minimum Gasteiger partial charge on any atom is -0.497 e. The van der Waals surface area contributed by atoms with Crippen LogP contribution in [0.5, 0.6) is 5.75 Å². The van der Waals surface area contributed by atoms with Crippen LogP contribution in [0.25, 0.3) is 33.4 Å². The van der Waals surface area contributed by atoms with Crippen LogP contribution in [-0.2, 0) is 0 Å². The molecular weight excluding hydrogens is 404 g/mol. The second-order valence-corrected chi connectivity index (χ2v) is 7.32. The molecule has 30 heavy (non-hydrogen) atoms. The number of hydrogen-bond acceptors (Lipinski definition) is 7. The molecule has 7 nitrogen and oxygen atoms in total. The molecule has 0 bridgehead atoms. The first kappa shape index (κ1) is 18.1. The Labute approximate surface area is 173 Å². The van der Waals surface area contributed by atoms with E-state index in [1.165, 1.54) is 17.4 Å². The van der Waals surface area contributed by atoms with Crippen LogP contribution in [0.1, 0.15) is 10.6 Å². The quantitative estimate of drug-likeness (QED) is 0.445. The largest absolute Gasteiger partial charge is 0.497 e. The van der Waals surface area contributed by atoms with Gasteiger partial charge in [-0.25, -0.2) is 4.98 Å². The molecule has 0 saturated heterocycles. The van der Waals surface area contributed by atoms with Crippen molar-refractivity contribution in [2.24, 2.45) is 0 Å². The van der Waals surface area contributed by atoms with Gasteiger partial charge in [-0.05, 0) is 24.3 Å². The molecule has 3 heterocycles. The summed E-state index contributed by atoms with van der Waals surface area (Å²) in [5, 5.41) is 5.59. The van der Waals surface area contributed by atoms with E-state index in [2.05, 4.69) is 10.3 Å². The molecule has 0 atom stereocenters. The van der Waals surface area contributed by atoms with Gasteiger partial charge in [-0.3, -0.25) is 14.9 Å².